The van der Waals surface area contributed by atoms with Gasteiger partial charge >= 0.3 is 5.97 Å². The number of nitrogens with one attached hydrogen (secondary N) is 1. The van der Waals surface area contributed by atoms with Crippen LogP contribution in [0.25, 0.3) is 5.65 Å². The molecule has 1 aliphatic rings. The number of fused-ring (bicyclic) bond motifs is 1. The Morgan fingerprint density at radius 1 is 1.29 bits per heavy atom. The molecule has 0 aliphatic carbocycles. The third-order valence-corrected chi connectivity index (χ3v) is 5.64. The fraction of sp³-hybridized carbons (Fsp3) is 0.318. The molecule has 0 bridgehead atoms. The first kappa shape index (κ1) is 20.8. The summed E-state index contributed by atoms with van der Waals surface area (Å²) in [7, 11) is 0. The van der Waals surface area contributed by atoms with Gasteiger partial charge in [-0.2, -0.15) is 0 Å². The van der Waals surface area contributed by atoms with Crippen LogP contribution in [0.1, 0.15) is 48.3 Å². The third kappa shape index (κ3) is 3.95. The summed E-state index contributed by atoms with van der Waals surface area (Å²) < 4.78 is 29.7. The summed E-state index contributed by atoms with van der Waals surface area (Å²) in [6.45, 7) is 2.32. The molecule has 1 unspecified atom stereocenters. The fourth-order valence-electron chi connectivity index (χ4n) is 4.05. The van der Waals surface area contributed by atoms with Crippen LogP contribution in [-0.2, 0) is 4.79 Å². The lowest BCUT2D eigenvalue weighted by Crippen LogP contribution is -2.40. The van der Waals surface area contributed by atoms with E-state index in [1.807, 2.05) is 11.0 Å². The summed E-state index contributed by atoms with van der Waals surface area (Å²) in [5.74, 6) is -2.60. The normalized spacial score (nSPS) is 17.1. The summed E-state index contributed by atoms with van der Waals surface area (Å²) >= 11 is 0. The molecule has 0 saturated carbocycles. The van der Waals surface area contributed by atoms with Crippen molar-refractivity contribution < 1.29 is 23.5 Å². The van der Waals surface area contributed by atoms with Crippen LogP contribution in [0.3, 0.4) is 0 Å². The van der Waals surface area contributed by atoms with E-state index in [9.17, 15) is 23.5 Å². The van der Waals surface area contributed by atoms with Crippen molar-refractivity contribution in [3.05, 3.63) is 65.6 Å². The lowest BCUT2D eigenvalue weighted by molar-refractivity contribution is -0.139. The van der Waals surface area contributed by atoms with Gasteiger partial charge in [0.15, 0.2) is 0 Å². The van der Waals surface area contributed by atoms with E-state index >= 15 is 0 Å². The van der Waals surface area contributed by atoms with Gasteiger partial charge in [0.1, 0.15) is 29.0 Å². The molecule has 1 aliphatic heterocycles. The number of pyridine rings is 1. The number of anilines is 1. The smallest absolute Gasteiger partial charge is 0.326 e. The van der Waals surface area contributed by atoms with Gasteiger partial charge in [-0.1, -0.05) is 6.92 Å². The van der Waals surface area contributed by atoms with Crippen molar-refractivity contribution in [3.63, 3.8) is 0 Å². The highest BCUT2D eigenvalue weighted by Gasteiger charge is 2.29. The molecule has 162 valence electrons. The van der Waals surface area contributed by atoms with E-state index in [1.54, 1.807) is 23.6 Å². The Hall–Kier alpha value is -3.49. The molecule has 2 aromatic heterocycles. The van der Waals surface area contributed by atoms with Crippen molar-refractivity contribution in [1.82, 2.24) is 14.7 Å². The number of carboxylic acids is 1. The highest BCUT2D eigenvalue weighted by molar-refractivity contribution is 5.95. The van der Waals surface area contributed by atoms with E-state index in [1.165, 1.54) is 12.3 Å². The molecular formula is C22H22F2N4O3. The number of aliphatic carboxylic acids is 1. The van der Waals surface area contributed by atoms with Gasteiger partial charge in [0.2, 0.25) is 0 Å². The second kappa shape index (κ2) is 8.33. The molecule has 0 spiro atoms. The zero-order valence-corrected chi connectivity index (χ0v) is 16.9. The number of rotatable bonds is 6. The van der Waals surface area contributed by atoms with Crippen molar-refractivity contribution in [3.8, 4) is 0 Å². The minimum atomic E-state index is -1.11. The lowest BCUT2D eigenvalue weighted by Gasteiger charge is -2.27. The van der Waals surface area contributed by atoms with Gasteiger partial charge in [0.05, 0.1) is 17.9 Å². The first-order chi connectivity index (χ1) is 14.9. The van der Waals surface area contributed by atoms with Crippen LogP contribution >= 0.6 is 0 Å². The van der Waals surface area contributed by atoms with Crippen LogP contribution in [0.5, 0.6) is 0 Å². The van der Waals surface area contributed by atoms with E-state index in [0.29, 0.717) is 24.2 Å². The van der Waals surface area contributed by atoms with Crippen LogP contribution in [0.4, 0.5) is 14.5 Å². The number of aromatic nitrogens is 2. The second-order valence-corrected chi connectivity index (χ2v) is 7.55. The molecule has 3 heterocycles. The van der Waals surface area contributed by atoms with E-state index in [-0.39, 0.29) is 18.2 Å². The SMILES string of the molecule is CC[C@H](NC(=O)c1cnc2ccc(N3CCCC3c3cc(F)ccc3F)cn12)C(=O)O. The van der Waals surface area contributed by atoms with Crippen LogP contribution in [0.2, 0.25) is 0 Å². The van der Waals surface area contributed by atoms with Crippen molar-refractivity contribution in [2.24, 2.45) is 0 Å². The first-order valence-electron chi connectivity index (χ1n) is 10.1. The maximum atomic E-state index is 14.4. The minimum Gasteiger partial charge on any atom is -0.480 e. The number of carbonyl (C=O) groups is 2. The number of carbonyl (C=O) groups excluding carboxylic acids is 1. The minimum absolute atomic E-state index is 0.198. The molecular weight excluding hydrogens is 406 g/mol. The van der Waals surface area contributed by atoms with Crippen LogP contribution in [0, 0.1) is 11.6 Å². The van der Waals surface area contributed by atoms with Gasteiger partial charge < -0.3 is 15.3 Å². The predicted molar refractivity (Wildman–Crippen MR) is 110 cm³/mol. The van der Waals surface area contributed by atoms with Gasteiger partial charge in [-0.25, -0.2) is 18.6 Å². The number of nitrogens with zero attached hydrogens (tertiary/aromatic N) is 3. The molecule has 1 fully saturated rings. The number of hydrogen-bond acceptors (Lipinski definition) is 4. The molecule has 1 aromatic carbocycles. The molecule has 31 heavy (non-hydrogen) atoms. The number of hydrogen-bond donors (Lipinski definition) is 2. The number of amides is 1. The summed E-state index contributed by atoms with van der Waals surface area (Å²) in [5.41, 5.74) is 1.75. The van der Waals surface area contributed by atoms with Gasteiger partial charge in [0.25, 0.3) is 5.91 Å². The first-order valence-corrected chi connectivity index (χ1v) is 10.1. The Morgan fingerprint density at radius 3 is 2.84 bits per heavy atom. The lowest BCUT2D eigenvalue weighted by atomic mass is 10.0. The molecule has 9 heteroatoms. The zero-order valence-electron chi connectivity index (χ0n) is 16.9. The zero-order chi connectivity index (χ0) is 22.1. The summed E-state index contributed by atoms with van der Waals surface area (Å²) in [6.07, 6.45) is 4.84. The quantitative estimate of drug-likeness (QED) is 0.627. The standard InChI is InChI=1S/C22H22F2N4O3/c1-2-17(22(30)31)26-21(29)19-11-25-20-8-6-14(12-28(19)20)27-9-3-4-18(27)15-10-13(23)5-7-16(15)24/h5-8,10-12,17-18H,2-4,9H2,1H3,(H,26,29)(H,30,31)/t17-,18?/m0/s1. The maximum absolute atomic E-state index is 14.4. The van der Waals surface area contributed by atoms with Gasteiger partial charge in [0, 0.05) is 18.3 Å². The van der Waals surface area contributed by atoms with E-state index in [0.717, 1.165) is 24.2 Å². The molecule has 1 saturated heterocycles. The Labute approximate surface area is 177 Å². The number of imidazole rings is 1. The molecule has 4 rings (SSSR count). The highest BCUT2D eigenvalue weighted by Crippen LogP contribution is 2.37. The summed E-state index contributed by atoms with van der Waals surface area (Å²) in [5, 5.41) is 11.7. The van der Waals surface area contributed by atoms with Crippen molar-refractivity contribution in [2.45, 2.75) is 38.3 Å². The number of carboxylic acid groups (broad SMARTS) is 1. The highest BCUT2D eigenvalue weighted by atomic mass is 19.1. The third-order valence-electron chi connectivity index (χ3n) is 5.64. The average Bonchev–Trinajstić information content (AvgIpc) is 3.40. The molecule has 1 amide bonds. The van der Waals surface area contributed by atoms with Gasteiger partial charge in [-0.15, -0.1) is 0 Å². The number of halogens is 2. The second-order valence-electron chi connectivity index (χ2n) is 7.55. The fourth-order valence-corrected chi connectivity index (χ4v) is 4.05. The van der Waals surface area contributed by atoms with Crippen LogP contribution < -0.4 is 10.2 Å². The Balaban J connectivity index is 1.67. The number of benzene rings is 1. The van der Waals surface area contributed by atoms with Gasteiger partial charge in [-0.3, -0.25) is 9.20 Å². The van der Waals surface area contributed by atoms with E-state index in [2.05, 4.69) is 10.3 Å². The molecule has 3 aromatic rings. The van der Waals surface area contributed by atoms with E-state index < -0.39 is 29.6 Å². The monoisotopic (exact) mass is 428 g/mol. The van der Waals surface area contributed by atoms with Crippen molar-refractivity contribution in [2.75, 3.05) is 11.4 Å². The summed E-state index contributed by atoms with van der Waals surface area (Å²) in [6, 6.07) is 5.69. The predicted octanol–water partition coefficient (Wildman–Crippen LogP) is 3.55. The molecule has 2 N–H and O–H groups in total. The summed E-state index contributed by atoms with van der Waals surface area (Å²) in [4.78, 5) is 30.1. The topological polar surface area (TPSA) is 86.9 Å². The van der Waals surface area contributed by atoms with Crippen molar-refractivity contribution in [1.29, 1.82) is 0 Å². The average molecular weight is 428 g/mol. The molecule has 0 radical (unpaired) electrons. The maximum Gasteiger partial charge on any atom is 0.326 e. The molecule has 7 nitrogen and oxygen atoms in total. The van der Waals surface area contributed by atoms with E-state index in [4.69, 9.17) is 0 Å². The Kier molecular flexibility index (Phi) is 5.58. The van der Waals surface area contributed by atoms with Gasteiger partial charge in [-0.05, 0) is 49.6 Å². The Bertz CT molecular complexity index is 1150. The van der Waals surface area contributed by atoms with Crippen molar-refractivity contribution >= 4 is 23.2 Å². The van der Waals surface area contributed by atoms with Crippen LogP contribution in [-0.4, -0.2) is 39.0 Å². The molecule has 2 atom stereocenters. The largest absolute Gasteiger partial charge is 0.480 e. The van der Waals surface area contributed by atoms with Crippen LogP contribution in [0.15, 0.2) is 42.7 Å². The Morgan fingerprint density at radius 2 is 2.10 bits per heavy atom.